The monoisotopic (exact) mass is 411 g/mol. The number of amides is 1. The molecule has 0 aliphatic carbocycles. The van der Waals surface area contributed by atoms with E-state index in [4.69, 9.17) is 4.98 Å². The van der Waals surface area contributed by atoms with E-state index in [2.05, 4.69) is 33.2 Å². The number of rotatable bonds is 5. The van der Waals surface area contributed by atoms with Crippen LogP contribution in [0.25, 0.3) is 22.0 Å². The zero-order valence-electron chi connectivity index (χ0n) is 17.6. The smallest absolute Gasteiger partial charge is 0.223 e. The lowest BCUT2D eigenvalue weighted by atomic mass is 10.0. The van der Waals surface area contributed by atoms with E-state index < -0.39 is 0 Å². The van der Waals surface area contributed by atoms with Gasteiger partial charge < -0.3 is 9.88 Å². The predicted octanol–water partition coefficient (Wildman–Crippen LogP) is 4.62. The average molecular weight is 412 g/mol. The van der Waals surface area contributed by atoms with Crippen molar-refractivity contribution in [3.8, 4) is 11.1 Å². The van der Waals surface area contributed by atoms with Gasteiger partial charge in [-0.1, -0.05) is 18.2 Å². The molecule has 5 rings (SSSR count). The number of nitrogens with zero attached hydrogens (tertiary/aromatic N) is 4. The third-order valence-corrected chi connectivity index (χ3v) is 6.06. The Labute approximate surface area is 181 Å². The Morgan fingerprint density at radius 1 is 1.16 bits per heavy atom. The third kappa shape index (κ3) is 3.93. The van der Waals surface area contributed by atoms with Gasteiger partial charge in [-0.2, -0.15) is 0 Å². The van der Waals surface area contributed by atoms with Crippen LogP contribution in [0, 0.1) is 6.92 Å². The van der Waals surface area contributed by atoms with Crippen molar-refractivity contribution < 1.29 is 4.79 Å². The molecule has 0 spiro atoms. The first-order chi connectivity index (χ1) is 15.2. The van der Waals surface area contributed by atoms with Crippen LogP contribution in [0.5, 0.6) is 0 Å². The summed E-state index contributed by atoms with van der Waals surface area (Å²) in [5, 5.41) is 1.20. The Kier molecular flexibility index (Phi) is 5.20. The largest absolute Gasteiger partial charge is 0.361 e. The fourth-order valence-corrected chi connectivity index (χ4v) is 4.58. The molecule has 0 radical (unpaired) electrons. The molecular weight excluding hydrogens is 386 g/mol. The van der Waals surface area contributed by atoms with E-state index in [1.54, 1.807) is 0 Å². The summed E-state index contributed by atoms with van der Waals surface area (Å²) in [7, 11) is 0. The molecule has 1 amide bonds. The molecule has 1 atom stereocenters. The molecule has 6 nitrogen and oxygen atoms in total. The van der Waals surface area contributed by atoms with Gasteiger partial charge in [-0.3, -0.25) is 9.78 Å². The number of aryl methyl sites for hydroxylation is 2. The summed E-state index contributed by atoms with van der Waals surface area (Å²) in [6.45, 7) is 2.78. The maximum Gasteiger partial charge on any atom is 0.223 e. The minimum absolute atomic E-state index is 0.0266. The zero-order chi connectivity index (χ0) is 21.2. The predicted molar refractivity (Wildman–Crippen MR) is 120 cm³/mol. The number of hydrogen-bond donors (Lipinski definition) is 1. The summed E-state index contributed by atoms with van der Waals surface area (Å²) in [6, 6.07) is 12.4. The molecule has 1 aromatic carbocycles. The zero-order valence-corrected chi connectivity index (χ0v) is 17.6. The van der Waals surface area contributed by atoms with Gasteiger partial charge in [0.1, 0.15) is 6.33 Å². The number of H-pyrrole nitrogens is 1. The number of hydrogen-bond acceptors (Lipinski definition) is 4. The lowest BCUT2D eigenvalue weighted by Crippen LogP contribution is -2.31. The number of carbonyl (C=O) groups excluding carboxylic acids is 1. The first kappa shape index (κ1) is 19.4. The minimum atomic E-state index is 0.0266. The molecule has 1 N–H and O–H groups in total. The molecule has 1 fully saturated rings. The van der Waals surface area contributed by atoms with Gasteiger partial charge in [0.15, 0.2) is 0 Å². The second-order valence-electron chi connectivity index (χ2n) is 8.15. The Hall–Kier alpha value is -3.54. The summed E-state index contributed by atoms with van der Waals surface area (Å²) in [5.74, 6) is 0.195. The lowest BCUT2D eigenvalue weighted by molar-refractivity contribution is -0.132. The Morgan fingerprint density at radius 3 is 2.87 bits per heavy atom. The highest BCUT2D eigenvalue weighted by Gasteiger charge is 2.31. The van der Waals surface area contributed by atoms with Crippen LogP contribution < -0.4 is 0 Å². The molecule has 0 saturated carbocycles. The van der Waals surface area contributed by atoms with E-state index in [1.165, 1.54) is 17.3 Å². The van der Waals surface area contributed by atoms with Gasteiger partial charge in [0.25, 0.3) is 0 Å². The van der Waals surface area contributed by atoms with Gasteiger partial charge in [0.2, 0.25) is 5.91 Å². The molecular formula is C25H25N5O. The summed E-state index contributed by atoms with van der Waals surface area (Å²) in [4.78, 5) is 31.5. The van der Waals surface area contributed by atoms with Gasteiger partial charge in [-0.15, -0.1) is 0 Å². The molecule has 1 aliphatic rings. The van der Waals surface area contributed by atoms with Crippen LogP contribution in [-0.2, 0) is 11.2 Å². The average Bonchev–Trinajstić information content (AvgIpc) is 3.45. The third-order valence-electron chi connectivity index (χ3n) is 6.06. The number of likely N-dealkylation sites (tertiary alicyclic amines) is 1. The maximum atomic E-state index is 13.2. The molecule has 1 saturated heterocycles. The summed E-state index contributed by atoms with van der Waals surface area (Å²) in [5.41, 5.74) is 6.21. The molecule has 0 unspecified atom stereocenters. The summed E-state index contributed by atoms with van der Waals surface area (Å²) in [6.07, 6.45) is 10.4. The molecule has 1 aliphatic heterocycles. The van der Waals surface area contributed by atoms with Crippen LogP contribution in [0.4, 0.5) is 0 Å². The highest BCUT2D eigenvalue weighted by atomic mass is 16.2. The van der Waals surface area contributed by atoms with Gasteiger partial charge in [-0.05, 0) is 55.5 Å². The fourth-order valence-electron chi connectivity index (χ4n) is 4.58. The van der Waals surface area contributed by atoms with E-state index in [-0.39, 0.29) is 11.9 Å². The van der Waals surface area contributed by atoms with Crippen molar-refractivity contribution in [1.82, 2.24) is 24.8 Å². The normalized spacial score (nSPS) is 16.2. The van der Waals surface area contributed by atoms with Crippen LogP contribution >= 0.6 is 0 Å². The van der Waals surface area contributed by atoms with Crippen molar-refractivity contribution in [2.24, 2.45) is 0 Å². The molecule has 3 aromatic heterocycles. The Morgan fingerprint density at radius 2 is 2.00 bits per heavy atom. The maximum absolute atomic E-state index is 13.2. The fraction of sp³-hybridized carbons (Fsp3) is 0.280. The van der Waals surface area contributed by atoms with Crippen molar-refractivity contribution in [3.05, 3.63) is 78.3 Å². The van der Waals surface area contributed by atoms with Crippen LogP contribution in [0.2, 0.25) is 0 Å². The highest BCUT2D eigenvalue weighted by Crippen LogP contribution is 2.34. The van der Waals surface area contributed by atoms with Crippen molar-refractivity contribution in [3.63, 3.8) is 0 Å². The second-order valence-corrected chi connectivity index (χ2v) is 8.15. The first-order valence-corrected chi connectivity index (χ1v) is 10.8. The van der Waals surface area contributed by atoms with E-state index in [1.807, 2.05) is 48.6 Å². The van der Waals surface area contributed by atoms with Gasteiger partial charge >= 0.3 is 0 Å². The topological polar surface area (TPSA) is 74.8 Å². The number of pyridine rings is 1. The van der Waals surface area contributed by atoms with Crippen molar-refractivity contribution >= 4 is 16.8 Å². The lowest BCUT2D eigenvalue weighted by Gasteiger charge is -2.25. The van der Waals surface area contributed by atoms with Crippen LogP contribution in [0.1, 0.15) is 42.3 Å². The van der Waals surface area contributed by atoms with E-state index in [0.29, 0.717) is 6.42 Å². The van der Waals surface area contributed by atoms with Crippen LogP contribution in [-0.4, -0.2) is 37.3 Å². The Bertz CT molecular complexity index is 1220. The number of benzene rings is 1. The van der Waals surface area contributed by atoms with Crippen LogP contribution in [0.15, 0.2) is 61.3 Å². The highest BCUT2D eigenvalue weighted by molar-refractivity contribution is 5.84. The standard InChI is InChI=1S/C25H25N5O/c1-17-11-19(20-13-26-16-27-14-20)12-23(29-17)24-7-4-10-30(24)25(31)9-8-18-15-28-22-6-3-2-5-21(18)22/h2-3,5-6,11-16,24,28H,4,7-10H2,1H3/t24-/m0/s1. The Balaban J connectivity index is 1.35. The van der Waals surface area contributed by atoms with Gasteiger partial charge in [-0.25, -0.2) is 9.97 Å². The summed E-state index contributed by atoms with van der Waals surface area (Å²) < 4.78 is 0. The summed E-state index contributed by atoms with van der Waals surface area (Å²) >= 11 is 0. The molecule has 0 bridgehead atoms. The van der Waals surface area contributed by atoms with Crippen LogP contribution in [0.3, 0.4) is 0 Å². The van der Waals surface area contributed by atoms with Crippen molar-refractivity contribution in [2.45, 2.75) is 38.6 Å². The molecule has 4 heterocycles. The minimum Gasteiger partial charge on any atom is -0.361 e. The first-order valence-electron chi connectivity index (χ1n) is 10.8. The van der Waals surface area contributed by atoms with Crippen molar-refractivity contribution in [1.29, 1.82) is 0 Å². The molecule has 31 heavy (non-hydrogen) atoms. The second kappa shape index (κ2) is 8.30. The number of para-hydroxylation sites is 1. The van der Waals surface area contributed by atoms with Crippen molar-refractivity contribution in [2.75, 3.05) is 6.54 Å². The number of fused-ring (bicyclic) bond motifs is 1. The van der Waals surface area contributed by atoms with Gasteiger partial charge in [0, 0.05) is 53.7 Å². The quantitative estimate of drug-likeness (QED) is 0.520. The van der Waals surface area contributed by atoms with Gasteiger partial charge in [0.05, 0.1) is 11.7 Å². The number of nitrogens with one attached hydrogen (secondary N) is 1. The number of carbonyl (C=O) groups is 1. The van der Waals surface area contributed by atoms with E-state index >= 15 is 0 Å². The number of aromatic nitrogens is 4. The molecule has 4 aromatic rings. The molecule has 6 heteroatoms. The van der Waals surface area contributed by atoms with E-state index in [0.717, 1.165) is 53.8 Å². The number of aromatic amines is 1. The van der Waals surface area contributed by atoms with E-state index in [9.17, 15) is 4.79 Å². The SMILES string of the molecule is Cc1cc(-c2cncnc2)cc([C@@H]2CCCN2C(=O)CCc2c[nH]c3ccccc23)n1. The molecule has 156 valence electrons.